The molecule has 3 heteroatoms. The summed E-state index contributed by atoms with van der Waals surface area (Å²) < 4.78 is 13.9. The molecule has 0 aliphatic heterocycles. The number of hydrogen-bond donors (Lipinski definition) is 1. The largest absolute Gasteiger partial charge is 0.327 e. The van der Waals surface area contributed by atoms with E-state index in [2.05, 4.69) is 15.9 Å². The van der Waals surface area contributed by atoms with Crippen LogP contribution in [0.4, 0.5) is 4.39 Å². The van der Waals surface area contributed by atoms with E-state index in [1.807, 2.05) is 6.07 Å². The standard InChI is InChI=1S/C15H21BrFN/c16-15-12(6-3-7-14(15)17)10-13(18)9-8-11-4-1-2-5-11/h3,6-7,11,13H,1-2,4-5,8-10,18H2. The first-order valence-electron chi connectivity index (χ1n) is 6.85. The third kappa shape index (κ3) is 3.79. The van der Waals surface area contributed by atoms with E-state index in [1.165, 1.54) is 38.2 Å². The SMILES string of the molecule is NC(CCC1CCCC1)Cc1cccc(F)c1Br. The molecule has 2 rings (SSSR count). The third-order valence-corrected chi connectivity index (χ3v) is 4.82. The summed E-state index contributed by atoms with van der Waals surface area (Å²) in [4.78, 5) is 0. The van der Waals surface area contributed by atoms with Gasteiger partial charge in [0.05, 0.1) is 4.47 Å². The quantitative estimate of drug-likeness (QED) is 0.855. The Balaban J connectivity index is 1.82. The topological polar surface area (TPSA) is 26.0 Å². The molecule has 0 spiro atoms. The summed E-state index contributed by atoms with van der Waals surface area (Å²) in [6.45, 7) is 0. The summed E-state index contributed by atoms with van der Waals surface area (Å²) in [5.41, 5.74) is 7.14. The molecule has 0 aromatic heterocycles. The average molecular weight is 314 g/mol. The highest BCUT2D eigenvalue weighted by Crippen LogP contribution is 2.29. The fraction of sp³-hybridized carbons (Fsp3) is 0.600. The van der Waals surface area contributed by atoms with Crippen molar-refractivity contribution < 1.29 is 4.39 Å². The van der Waals surface area contributed by atoms with E-state index in [4.69, 9.17) is 5.73 Å². The van der Waals surface area contributed by atoms with Crippen molar-refractivity contribution >= 4 is 15.9 Å². The Kier molecular flexibility index (Phi) is 5.19. The van der Waals surface area contributed by atoms with Gasteiger partial charge >= 0.3 is 0 Å². The first kappa shape index (κ1) is 14.0. The highest BCUT2D eigenvalue weighted by atomic mass is 79.9. The molecular formula is C15H21BrFN. The predicted molar refractivity (Wildman–Crippen MR) is 77.0 cm³/mol. The molecule has 1 nitrogen and oxygen atoms in total. The first-order valence-corrected chi connectivity index (χ1v) is 7.64. The van der Waals surface area contributed by atoms with Gasteiger partial charge in [-0.15, -0.1) is 0 Å². The summed E-state index contributed by atoms with van der Waals surface area (Å²) in [7, 11) is 0. The molecule has 0 bridgehead atoms. The zero-order valence-corrected chi connectivity index (χ0v) is 12.3. The number of rotatable bonds is 5. The van der Waals surface area contributed by atoms with E-state index in [-0.39, 0.29) is 11.9 Å². The minimum Gasteiger partial charge on any atom is -0.327 e. The van der Waals surface area contributed by atoms with Crippen LogP contribution in [0.3, 0.4) is 0 Å². The van der Waals surface area contributed by atoms with Crippen molar-refractivity contribution in [3.63, 3.8) is 0 Å². The van der Waals surface area contributed by atoms with Gasteiger partial charge in [0.1, 0.15) is 5.82 Å². The van der Waals surface area contributed by atoms with Gasteiger partial charge in [-0.25, -0.2) is 4.39 Å². The molecule has 0 heterocycles. The van der Waals surface area contributed by atoms with E-state index in [0.717, 1.165) is 24.3 Å². The lowest BCUT2D eigenvalue weighted by Gasteiger charge is -2.15. The lowest BCUT2D eigenvalue weighted by Crippen LogP contribution is -2.23. The van der Waals surface area contributed by atoms with Gasteiger partial charge in [-0.2, -0.15) is 0 Å². The van der Waals surface area contributed by atoms with Gasteiger partial charge in [0, 0.05) is 6.04 Å². The van der Waals surface area contributed by atoms with Crippen molar-refractivity contribution in [1.82, 2.24) is 0 Å². The molecule has 18 heavy (non-hydrogen) atoms. The van der Waals surface area contributed by atoms with Crippen LogP contribution in [0.2, 0.25) is 0 Å². The summed E-state index contributed by atoms with van der Waals surface area (Å²) in [6.07, 6.45) is 8.55. The summed E-state index contributed by atoms with van der Waals surface area (Å²) in [6, 6.07) is 5.31. The number of nitrogens with two attached hydrogens (primary N) is 1. The molecule has 1 unspecified atom stereocenters. The lowest BCUT2D eigenvalue weighted by atomic mass is 9.95. The summed E-state index contributed by atoms with van der Waals surface area (Å²) in [5.74, 6) is 0.683. The van der Waals surface area contributed by atoms with Crippen molar-refractivity contribution in [2.45, 2.75) is 51.0 Å². The zero-order valence-electron chi connectivity index (χ0n) is 10.7. The fourth-order valence-electron chi connectivity index (χ4n) is 2.84. The predicted octanol–water partition coefficient (Wildman–Crippen LogP) is 4.43. The molecule has 1 aliphatic carbocycles. The lowest BCUT2D eigenvalue weighted by molar-refractivity contribution is 0.446. The van der Waals surface area contributed by atoms with Gasteiger partial charge in [-0.05, 0) is 52.7 Å². The minimum atomic E-state index is -0.199. The van der Waals surface area contributed by atoms with E-state index in [9.17, 15) is 4.39 Å². The van der Waals surface area contributed by atoms with Crippen LogP contribution >= 0.6 is 15.9 Å². The Morgan fingerprint density at radius 1 is 1.33 bits per heavy atom. The maximum absolute atomic E-state index is 13.4. The zero-order chi connectivity index (χ0) is 13.0. The van der Waals surface area contributed by atoms with Crippen molar-refractivity contribution in [2.24, 2.45) is 11.7 Å². The molecule has 0 saturated heterocycles. The maximum atomic E-state index is 13.4. The van der Waals surface area contributed by atoms with Crippen molar-refractivity contribution in [3.8, 4) is 0 Å². The van der Waals surface area contributed by atoms with Crippen LogP contribution < -0.4 is 5.73 Å². The molecule has 100 valence electrons. The Bertz CT molecular complexity index is 388. The smallest absolute Gasteiger partial charge is 0.137 e. The normalized spacial score (nSPS) is 18.2. The van der Waals surface area contributed by atoms with Crippen LogP contribution in [0.15, 0.2) is 22.7 Å². The number of halogens is 2. The van der Waals surface area contributed by atoms with Crippen LogP contribution in [-0.4, -0.2) is 6.04 Å². The van der Waals surface area contributed by atoms with Crippen molar-refractivity contribution in [3.05, 3.63) is 34.1 Å². The summed E-state index contributed by atoms with van der Waals surface area (Å²) in [5, 5.41) is 0. The van der Waals surface area contributed by atoms with Crippen LogP contribution in [0.1, 0.15) is 44.1 Å². The fourth-order valence-corrected chi connectivity index (χ4v) is 3.27. The highest BCUT2D eigenvalue weighted by Gasteiger charge is 2.16. The second-order valence-corrected chi connectivity index (χ2v) is 6.20. The van der Waals surface area contributed by atoms with E-state index in [1.54, 1.807) is 6.07 Å². The van der Waals surface area contributed by atoms with Crippen LogP contribution in [0, 0.1) is 11.7 Å². The van der Waals surface area contributed by atoms with Gasteiger partial charge in [0.2, 0.25) is 0 Å². The van der Waals surface area contributed by atoms with Gasteiger partial charge in [0.25, 0.3) is 0 Å². The Morgan fingerprint density at radius 3 is 2.78 bits per heavy atom. The van der Waals surface area contributed by atoms with E-state index < -0.39 is 0 Å². The average Bonchev–Trinajstić information content (AvgIpc) is 2.86. The second kappa shape index (κ2) is 6.67. The Labute approximate surface area is 117 Å². The van der Waals surface area contributed by atoms with Gasteiger partial charge < -0.3 is 5.73 Å². The van der Waals surface area contributed by atoms with Crippen LogP contribution in [0.25, 0.3) is 0 Å². The van der Waals surface area contributed by atoms with Gasteiger partial charge in [0.15, 0.2) is 0 Å². The monoisotopic (exact) mass is 313 g/mol. The summed E-state index contributed by atoms with van der Waals surface area (Å²) >= 11 is 3.30. The second-order valence-electron chi connectivity index (χ2n) is 5.40. The van der Waals surface area contributed by atoms with Crippen LogP contribution in [-0.2, 0) is 6.42 Å². The van der Waals surface area contributed by atoms with Gasteiger partial charge in [-0.3, -0.25) is 0 Å². The van der Waals surface area contributed by atoms with Crippen LogP contribution in [0.5, 0.6) is 0 Å². The molecular weight excluding hydrogens is 293 g/mol. The van der Waals surface area contributed by atoms with E-state index in [0.29, 0.717) is 4.47 Å². The molecule has 1 fully saturated rings. The minimum absolute atomic E-state index is 0.142. The highest BCUT2D eigenvalue weighted by molar-refractivity contribution is 9.10. The molecule has 1 aromatic rings. The molecule has 2 N–H and O–H groups in total. The first-order chi connectivity index (χ1) is 8.66. The molecule has 0 amide bonds. The number of hydrogen-bond acceptors (Lipinski definition) is 1. The molecule has 1 aliphatic rings. The molecule has 0 radical (unpaired) electrons. The maximum Gasteiger partial charge on any atom is 0.137 e. The third-order valence-electron chi connectivity index (χ3n) is 3.93. The van der Waals surface area contributed by atoms with Gasteiger partial charge in [-0.1, -0.05) is 37.8 Å². The number of benzene rings is 1. The van der Waals surface area contributed by atoms with Crippen molar-refractivity contribution in [2.75, 3.05) is 0 Å². The molecule has 1 aromatic carbocycles. The van der Waals surface area contributed by atoms with E-state index >= 15 is 0 Å². The van der Waals surface area contributed by atoms with Crippen molar-refractivity contribution in [1.29, 1.82) is 0 Å². The molecule has 1 atom stereocenters. The Hall–Kier alpha value is -0.410. The Morgan fingerprint density at radius 2 is 2.06 bits per heavy atom. The molecule has 1 saturated carbocycles.